The average Bonchev–Trinajstić information content (AvgIpc) is 2.15. The second kappa shape index (κ2) is 4.94. The van der Waals surface area contributed by atoms with Gasteiger partial charge in [-0.1, -0.05) is 0 Å². The van der Waals surface area contributed by atoms with Crippen molar-refractivity contribution in [2.75, 3.05) is 13.2 Å². The van der Waals surface area contributed by atoms with Gasteiger partial charge in [-0.25, -0.2) is 0 Å². The summed E-state index contributed by atoms with van der Waals surface area (Å²) < 4.78 is 0. The Labute approximate surface area is 78.8 Å². The maximum absolute atomic E-state index is 8.65. The van der Waals surface area contributed by atoms with Crippen LogP contribution in [-0.4, -0.2) is 23.2 Å². The van der Waals surface area contributed by atoms with Crippen LogP contribution in [0.15, 0.2) is 18.5 Å². The van der Waals surface area contributed by atoms with Crippen LogP contribution in [0.4, 0.5) is 0 Å². The predicted octanol–water partition coefficient (Wildman–Crippen LogP) is 1.03. The second-order valence-corrected chi connectivity index (χ2v) is 3.13. The lowest BCUT2D eigenvalue weighted by Gasteiger charge is -2.14. The van der Waals surface area contributed by atoms with Crippen LogP contribution in [-0.2, 0) is 0 Å². The maximum Gasteiger partial charge on any atom is 0.0556 e. The standard InChI is InChI=1S/C10H16N2O/c1-8-3-4-11-7-10(8)9(2)12-5-6-13/h3-4,7,9,12-13H,5-6H2,1-2H3. The van der Waals surface area contributed by atoms with E-state index in [2.05, 4.69) is 24.1 Å². The van der Waals surface area contributed by atoms with Gasteiger partial charge < -0.3 is 10.4 Å². The van der Waals surface area contributed by atoms with E-state index in [1.165, 1.54) is 11.1 Å². The van der Waals surface area contributed by atoms with Crippen molar-refractivity contribution in [3.63, 3.8) is 0 Å². The molecule has 1 heterocycles. The van der Waals surface area contributed by atoms with Crippen molar-refractivity contribution in [2.24, 2.45) is 0 Å². The number of hydrogen-bond acceptors (Lipinski definition) is 3. The summed E-state index contributed by atoms with van der Waals surface area (Å²) in [6, 6.07) is 2.24. The van der Waals surface area contributed by atoms with Gasteiger partial charge in [0.2, 0.25) is 0 Å². The van der Waals surface area contributed by atoms with Crippen LogP contribution in [0.1, 0.15) is 24.1 Å². The topological polar surface area (TPSA) is 45.2 Å². The number of nitrogens with zero attached hydrogens (tertiary/aromatic N) is 1. The highest BCUT2D eigenvalue weighted by atomic mass is 16.3. The number of aliphatic hydroxyl groups is 1. The molecule has 0 saturated heterocycles. The number of aliphatic hydroxyl groups excluding tert-OH is 1. The molecule has 0 radical (unpaired) electrons. The Kier molecular flexibility index (Phi) is 3.86. The van der Waals surface area contributed by atoms with Crippen molar-refractivity contribution in [1.29, 1.82) is 0 Å². The van der Waals surface area contributed by atoms with Crippen molar-refractivity contribution < 1.29 is 5.11 Å². The Bertz CT molecular complexity index is 263. The van der Waals surface area contributed by atoms with Gasteiger partial charge in [0.25, 0.3) is 0 Å². The summed E-state index contributed by atoms with van der Waals surface area (Å²) in [6.07, 6.45) is 3.65. The summed E-state index contributed by atoms with van der Waals surface area (Å²) in [5.74, 6) is 0. The molecule has 1 rings (SSSR count). The molecule has 3 nitrogen and oxygen atoms in total. The minimum atomic E-state index is 0.170. The maximum atomic E-state index is 8.65. The van der Waals surface area contributed by atoms with Crippen LogP contribution in [0, 0.1) is 6.92 Å². The molecular weight excluding hydrogens is 164 g/mol. The van der Waals surface area contributed by atoms with E-state index in [1.54, 1.807) is 6.20 Å². The summed E-state index contributed by atoms with van der Waals surface area (Å²) in [6.45, 7) is 4.92. The molecule has 2 N–H and O–H groups in total. The van der Waals surface area contributed by atoms with Gasteiger partial charge in [0, 0.05) is 25.0 Å². The van der Waals surface area contributed by atoms with Crippen LogP contribution >= 0.6 is 0 Å². The fourth-order valence-electron chi connectivity index (χ4n) is 1.32. The first-order chi connectivity index (χ1) is 6.25. The van der Waals surface area contributed by atoms with Crippen LogP contribution in [0.3, 0.4) is 0 Å². The van der Waals surface area contributed by atoms with Crippen LogP contribution < -0.4 is 5.32 Å². The molecule has 13 heavy (non-hydrogen) atoms. The van der Waals surface area contributed by atoms with E-state index in [4.69, 9.17) is 5.11 Å². The van der Waals surface area contributed by atoms with Crippen molar-refractivity contribution in [3.05, 3.63) is 29.6 Å². The summed E-state index contributed by atoms with van der Waals surface area (Å²) in [4.78, 5) is 4.07. The highest BCUT2D eigenvalue weighted by molar-refractivity contribution is 5.24. The molecule has 0 aromatic carbocycles. The largest absolute Gasteiger partial charge is 0.395 e. The van der Waals surface area contributed by atoms with E-state index in [0.717, 1.165) is 0 Å². The molecule has 72 valence electrons. The van der Waals surface area contributed by atoms with Crippen molar-refractivity contribution in [3.8, 4) is 0 Å². The summed E-state index contributed by atoms with van der Waals surface area (Å²) in [7, 11) is 0. The lowest BCUT2D eigenvalue weighted by molar-refractivity contribution is 0.286. The number of nitrogens with one attached hydrogen (secondary N) is 1. The molecule has 0 fully saturated rings. The van der Waals surface area contributed by atoms with E-state index in [-0.39, 0.29) is 12.6 Å². The Morgan fingerprint density at radius 2 is 2.38 bits per heavy atom. The number of hydrogen-bond donors (Lipinski definition) is 2. The molecule has 0 aliphatic heterocycles. The molecule has 1 atom stereocenters. The van der Waals surface area contributed by atoms with Gasteiger partial charge in [0.05, 0.1) is 6.61 Å². The summed E-state index contributed by atoms with van der Waals surface area (Å²) >= 11 is 0. The number of pyridine rings is 1. The zero-order chi connectivity index (χ0) is 9.68. The second-order valence-electron chi connectivity index (χ2n) is 3.13. The SMILES string of the molecule is Cc1ccncc1C(C)NCCO. The third kappa shape index (κ3) is 2.79. The third-order valence-electron chi connectivity index (χ3n) is 2.11. The van der Waals surface area contributed by atoms with Gasteiger partial charge in [0.1, 0.15) is 0 Å². The minimum Gasteiger partial charge on any atom is -0.395 e. The van der Waals surface area contributed by atoms with Crippen molar-refractivity contribution in [2.45, 2.75) is 19.9 Å². The van der Waals surface area contributed by atoms with Crippen LogP contribution in [0.5, 0.6) is 0 Å². The van der Waals surface area contributed by atoms with E-state index < -0.39 is 0 Å². The quantitative estimate of drug-likeness (QED) is 0.727. The highest BCUT2D eigenvalue weighted by Crippen LogP contribution is 2.14. The number of aromatic nitrogens is 1. The zero-order valence-corrected chi connectivity index (χ0v) is 8.12. The number of rotatable bonds is 4. The first kappa shape index (κ1) is 10.2. The molecular formula is C10H16N2O. The molecule has 1 unspecified atom stereocenters. The van der Waals surface area contributed by atoms with Gasteiger partial charge in [0.15, 0.2) is 0 Å². The van der Waals surface area contributed by atoms with E-state index >= 15 is 0 Å². The molecule has 1 aromatic rings. The van der Waals surface area contributed by atoms with E-state index in [0.29, 0.717) is 6.54 Å². The average molecular weight is 180 g/mol. The van der Waals surface area contributed by atoms with Crippen LogP contribution in [0.25, 0.3) is 0 Å². The highest BCUT2D eigenvalue weighted by Gasteiger charge is 2.06. The summed E-state index contributed by atoms with van der Waals surface area (Å²) in [5.41, 5.74) is 2.42. The Balaban J connectivity index is 2.65. The smallest absolute Gasteiger partial charge is 0.0556 e. The van der Waals surface area contributed by atoms with Gasteiger partial charge >= 0.3 is 0 Å². The summed E-state index contributed by atoms with van der Waals surface area (Å²) in [5, 5.41) is 11.9. The molecule has 0 aliphatic rings. The number of aryl methyl sites for hydroxylation is 1. The van der Waals surface area contributed by atoms with E-state index in [1.807, 2.05) is 12.3 Å². The molecule has 0 saturated carbocycles. The molecule has 0 amide bonds. The lowest BCUT2D eigenvalue weighted by atomic mass is 10.1. The van der Waals surface area contributed by atoms with Crippen molar-refractivity contribution >= 4 is 0 Å². The lowest BCUT2D eigenvalue weighted by Crippen LogP contribution is -2.22. The normalized spacial score (nSPS) is 12.8. The molecule has 0 spiro atoms. The third-order valence-corrected chi connectivity index (χ3v) is 2.11. The molecule has 0 bridgehead atoms. The molecule has 0 aliphatic carbocycles. The zero-order valence-electron chi connectivity index (χ0n) is 8.12. The Morgan fingerprint density at radius 1 is 1.62 bits per heavy atom. The van der Waals surface area contributed by atoms with Crippen molar-refractivity contribution in [1.82, 2.24) is 10.3 Å². The molecule has 1 aromatic heterocycles. The first-order valence-corrected chi connectivity index (χ1v) is 4.50. The Hall–Kier alpha value is -0.930. The fraction of sp³-hybridized carbons (Fsp3) is 0.500. The van der Waals surface area contributed by atoms with Gasteiger partial charge in [-0.3, -0.25) is 4.98 Å². The Morgan fingerprint density at radius 3 is 3.00 bits per heavy atom. The minimum absolute atomic E-state index is 0.170. The first-order valence-electron chi connectivity index (χ1n) is 4.50. The molecule has 3 heteroatoms. The fourth-order valence-corrected chi connectivity index (χ4v) is 1.32. The van der Waals surface area contributed by atoms with Gasteiger partial charge in [-0.15, -0.1) is 0 Å². The predicted molar refractivity (Wildman–Crippen MR) is 52.5 cm³/mol. The van der Waals surface area contributed by atoms with Gasteiger partial charge in [-0.2, -0.15) is 0 Å². The van der Waals surface area contributed by atoms with Gasteiger partial charge in [-0.05, 0) is 31.0 Å². The monoisotopic (exact) mass is 180 g/mol. The van der Waals surface area contributed by atoms with Crippen LogP contribution in [0.2, 0.25) is 0 Å². The van der Waals surface area contributed by atoms with E-state index in [9.17, 15) is 0 Å².